The van der Waals surface area contributed by atoms with Gasteiger partial charge in [-0.15, -0.1) is 11.3 Å². The SMILES string of the molecule is CC(C)C1CCN(C(=O)c2csc(CCN)n2)CC1. The predicted octanol–water partition coefficient (Wildman–Crippen LogP) is 2.15. The van der Waals surface area contributed by atoms with Crippen LogP contribution in [0, 0.1) is 11.8 Å². The summed E-state index contributed by atoms with van der Waals surface area (Å²) in [7, 11) is 0. The van der Waals surface area contributed by atoms with Crippen molar-refractivity contribution in [3.8, 4) is 0 Å². The molecule has 0 unspecified atom stereocenters. The van der Waals surface area contributed by atoms with Crippen molar-refractivity contribution < 1.29 is 4.79 Å². The maximum atomic E-state index is 12.3. The Balaban J connectivity index is 1.93. The molecule has 5 heteroatoms. The van der Waals surface area contributed by atoms with Gasteiger partial charge in [-0.25, -0.2) is 4.98 Å². The minimum atomic E-state index is 0.0849. The summed E-state index contributed by atoms with van der Waals surface area (Å²) >= 11 is 1.53. The fourth-order valence-electron chi connectivity index (χ4n) is 2.58. The van der Waals surface area contributed by atoms with E-state index in [4.69, 9.17) is 5.73 Å². The van der Waals surface area contributed by atoms with E-state index in [0.29, 0.717) is 18.2 Å². The van der Waals surface area contributed by atoms with E-state index in [0.717, 1.165) is 43.3 Å². The average molecular weight is 281 g/mol. The van der Waals surface area contributed by atoms with Crippen LogP contribution in [0.4, 0.5) is 0 Å². The molecule has 1 aliphatic heterocycles. The summed E-state index contributed by atoms with van der Waals surface area (Å²) < 4.78 is 0. The fraction of sp³-hybridized carbons (Fsp3) is 0.714. The van der Waals surface area contributed by atoms with Crippen molar-refractivity contribution >= 4 is 17.2 Å². The Hall–Kier alpha value is -0.940. The molecule has 0 saturated carbocycles. The highest BCUT2D eigenvalue weighted by molar-refractivity contribution is 7.09. The van der Waals surface area contributed by atoms with Crippen LogP contribution in [0.2, 0.25) is 0 Å². The largest absolute Gasteiger partial charge is 0.337 e. The lowest BCUT2D eigenvalue weighted by atomic mass is 9.87. The highest BCUT2D eigenvalue weighted by Gasteiger charge is 2.26. The Morgan fingerprint density at radius 3 is 2.79 bits per heavy atom. The summed E-state index contributed by atoms with van der Waals surface area (Å²) in [4.78, 5) is 18.7. The number of likely N-dealkylation sites (tertiary alicyclic amines) is 1. The predicted molar refractivity (Wildman–Crippen MR) is 78.3 cm³/mol. The molecule has 1 aliphatic rings. The van der Waals surface area contributed by atoms with Gasteiger partial charge in [0.2, 0.25) is 0 Å². The van der Waals surface area contributed by atoms with Gasteiger partial charge in [-0.2, -0.15) is 0 Å². The van der Waals surface area contributed by atoms with E-state index in [-0.39, 0.29) is 5.91 Å². The number of carbonyl (C=O) groups is 1. The van der Waals surface area contributed by atoms with Crippen molar-refractivity contribution in [2.24, 2.45) is 17.6 Å². The van der Waals surface area contributed by atoms with Gasteiger partial charge in [-0.1, -0.05) is 13.8 Å². The van der Waals surface area contributed by atoms with Crippen molar-refractivity contribution in [1.29, 1.82) is 0 Å². The molecule has 19 heavy (non-hydrogen) atoms. The summed E-state index contributed by atoms with van der Waals surface area (Å²) in [6, 6.07) is 0. The van der Waals surface area contributed by atoms with Crippen LogP contribution in [0.3, 0.4) is 0 Å². The number of rotatable bonds is 4. The van der Waals surface area contributed by atoms with E-state index in [1.165, 1.54) is 11.3 Å². The number of aromatic nitrogens is 1. The minimum absolute atomic E-state index is 0.0849. The summed E-state index contributed by atoms with van der Waals surface area (Å²) in [5, 5.41) is 2.82. The minimum Gasteiger partial charge on any atom is -0.337 e. The number of carbonyl (C=O) groups excluding carboxylic acids is 1. The van der Waals surface area contributed by atoms with Crippen molar-refractivity contribution in [3.63, 3.8) is 0 Å². The number of nitrogens with two attached hydrogens (primary N) is 1. The normalized spacial score (nSPS) is 17.2. The van der Waals surface area contributed by atoms with Crippen molar-refractivity contribution in [3.05, 3.63) is 16.1 Å². The molecule has 0 aliphatic carbocycles. The lowest BCUT2D eigenvalue weighted by molar-refractivity contribution is 0.0662. The second-order valence-corrected chi connectivity index (χ2v) is 6.48. The molecule has 1 aromatic heterocycles. The van der Waals surface area contributed by atoms with Crippen LogP contribution < -0.4 is 5.73 Å². The average Bonchev–Trinajstić information content (AvgIpc) is 2.87. The van der Waals surface area contributed by atoms with E-state index < -0.39 is 0 Å². The first-order chi connectivity index (χ1) is 9.11. The molecule has 0 spiro atoms. The number of hydrogen-bond donors (Lipinski definition) is 1. The van der Waals surface area contributed by atoms with Crippen molar-refractivity contribution in [1.82, 2.24) is 9.88 Å². The number of piperidine rings is 1. The van der Waals surface area contributed by atoms with E-state index in [1.807, 2.05) is 10.3 Å². The van der Waals surface area contributed by atoms with Gasteiger partial charge in [-0.05, 0) is 31.2 Å². The summed E-state index contributed by atoms with van der Waals surface area (Å²) in [6.45, 7) is 6.85. The van der Waals surface area contributed by atoms with Crippen LogP contribution in [-0.2, 0) is 6.42 Å². The Morgan fingerprint density at radius 2 is 2.21 bits per heavy atom. The third-order valence-electron chi connectivity index (χ3n) is 3.90. The Labute approximate surface area is 119 Å². The molecule has 2 N–H and O–H groups in total. The van der Waals surface area contributed by atoms with E-state index in [9.17, 15) is 4.79 Å². The van der Waals surface area contributed by atoms with Gasteiger partial charge < -0.3 is 10.6 Å². The van der Waals surface area contributed by atoms with Crippen LogP contribution in [-0.4, -0.2) is 35.4 Å². The number of hydrogen-bond acceptors (Lipinski definition) is 4. The lowest BCUT2D eigenvalue weighted by Crippen LogP contribution is -2.39. The molecular weight excluding hydrogens is 258 g/mol. The van der Waals surface area contributed by atoms with E-state index in [2.05, 4.69) is 18.8 Å². The Morgan fingerprint density at radius 1 is 1.53 bits per heavy atom. The van der Waals surface area contributed by atoms with Gasteiger partial charge in [0.25, 0.3) is 5.91 Å². The van der Waals surface area contributed by atoms with Gasteiger partial charge in [0.15, 0.2) is 0 Å². The summed E-state index contributed by atoms with van der Waals surface area (Å²) in [6.07, 6.45) is 2.99. The molecule has 106 valence electrons. The van der Waals surface area contributed by atoms with E-state index in [1.54, 1.807) is 0 Å². The zero-order valence-electron chi connectivity index (χ0n) is 11.8. The second-order valence-electron chi connectivity index (χ2n) is 5.54. The molecule has 0 atom stereocenters. The highest BCUT2D eigenvalue weighted by Crippen LogP contribution is 2.25. The molecule has 1 saturated heterocycles. The maximum absolute atomic E-state index is 12.3. The maximum Gasteiger partial charge on any atom is 0.273 e. The highest BCUT2D eigenvalue weighted by atomic mass is 32.1. The quantitative estimate of drug-likeness (QED) is 0.920. The smallest absolute Gasteiger partial charge is 0.273 e. The zero-order chi connectivity index (χ0) is 13.8. The molecule has 0 radical (unpaired) electrons. The Bertz CT molecular complexity index is 422. The first kappa shape index (κ1) is 14.5. The second kappa shape index (κ2) is 6.48. The molecule has 2 rings (SSSR count). The topological polar surface area (TPSA) is 59.2 Å². The summed E-state index contributed by atoms with van der Waals surface area (Å²) in [5.74, 6) is 1.56. The molecule has 1 fully saturated rings. The van der Waals surface area contributed by atoms with Crippen LogP contribution >= 0.6 is 11.3 Å². The fourth-order valence-corrected chi connectivity index (χ4v) is 3.37. The molecular formula is C14H23N3OS. The van der Waals surface area contributed by atoms with Gasteiger partial charge in [0.05, 0.1) is 5.01 Å². The van der Waals surface area contributed by atoms with Gasteiger partial charge in [-0.3, -0.25) is 4.79 Å². The molecule has 0 bridgehead atoms. The van der Waals surface area contributed by atoms with Crippen LogP contribution in [0.1, 0.15) is 42.2 Å². The first-order valence-electron chi connectivity index (χ1n) is 7.05. The monoisotopic (exact) mass is 281 g/mol. The van der Waals surface area contributed by atoms with Gasteiger partial charge >= 0.3 is 0 Å². The third kappa shape index (κ3) is 3.54. The number of amides is 1. The van der Waals surface area contributed by atoms with Crippen LogP contribution in [0.5, 0.6) is 0 Å². The lowest BCUT2D eigenvalue weighted by Gasteiger charge is -2.33. The molecule has 1 amide bonds. The molecule has 2 heterocycles. The number of thiazole rings is 1. The Kier molecular flexibility index (Phi) is 4.93. The third-order valence-corrected chi connectivity index (χ3v) is 4.81. The molecule has 1 aromatic rings. The van der Waals surface area contributed by atoms with Crippen LogP contribution in [0.25, 0.3) is 0 Å². The molecule has 0 aromatic carbocycles. The van der Waals surface area contributed by atoms with Gasteiger partial charge in [0, 0.05) is 24.9 Å². The van der Waals surface area contributed by atoms with Gasteiger partial charge in [0.1, 0.15) is 5.69 Å². The van der Waals surface area contributed by atoms with Crippen molar-refractivity contribution in [2.45, 2.75) is 33.1 Å². The number of nitrogens with zero attached hydrogens (tertiary/aromatic N) is 2. The van der Waals surface area contributed by atoms with Crippen LogP contribution in [0.15, 0.2) is 5.38 Å². The summed E-state index contributed by atoms with van der Waals surface area (Å²) in [5.41, 5.74) is 6.10. The molecule has 4 nitrogen and oxygen atoms in total. The first-order valence-corrected chi connectivity index (χ1v) is 7.93. The van der Waals surface area contributed by atoms with E-state index >= 15 is 0 Å². The zero-order valence-corrected chi connectivity index (χ0v) is 12.6. The van der Waals surface area contributed by atoms with Crippen molar-refractivity contribution in [2.75, 3.05) is 19.6 Å². The standard InChI is InChI=1S/C14H23N3OS/c1-10(2)11-4-7-17(8-5-11)14(18)12-9-19-13(16-12)3-6-15/h9-11H,3-8,15H2,1-2H3.